The van der Waals surface area contributed by atoms with Gasteiger partial charge < -0.3 is 5.11 Å². The van der Waals surface area contributed by atoms with E-state index in [0.717, 1.165) is 0 Å². The van der Waals surface area contributed by atoms with Crippen LogP contribution in [-0.2, 0) is 31.0 Å². The van der Waals surface area contributed by atoms with Gasteiger partial charge in [0.05, 0.1) is 0 Å². The molecule has 1 N–H and O–H groups in total. The van der Waals surface area contributed by atoms with Gasteiger partial charge in [0, 0.05) is 26.2 Å². The third kappa shape index (κ3) is 4.56. The summed E-state index contributed by atoms with van der Waals surface area (Å²) < 4.78 is 34.8. The molecule has 1 atom stereocenters. The average Bonchev–Trinajstić information content (AvgIpc) is 1.60. The Bertz CT molecular complexity index is 134. The fraction of sp³-hybridized carbons (Fsp3) is 0.800. The molecule has 0 aliphatic rings. The molecule has 6 heteroatoms. The van der Waals surface area contributed by atoms with E-state index in [1.54, 1.807) is 0 Å². The van der Waals surface area contributed by atoms with Gasteiger partial charge in [-0.05, 0) is 6.42 Å². The number of rotatable bonds is 2. The molecular formula is C5H7F3O2Zr. The minimum absolute atomic E-state index is 0. The molecule has 2 nitrogen and oxygen atoms in total. The van der Waals surface area contributed by atoms with Crippen molar-refractivity contribution in [3.05, 3.63) is 0 Å². The van der Waals surface area contributed by atoms with E-state index >= 15 is 0 Å². The molecule has 0 amide bonds. The normalized spacial score (nSPS) is 13.5. The molecule has 0 fully saturated rings. The molecule has 0 saturated carbocycles. The van der Waals surface area contributed by atoms with Crippen LogP contribution in [0.5, 0.6) is 0 Å². The third-order valence-corrected chi connectivity index (χ3v) is 1.10. The van der Waals surface area contributed by atoms with Crippen LogP contribution in [0.2, 0.25) is 0 Å². The Morgan fingerprint density at radius 3 is 1.91 bits per heavy atom. The molecule has 0 radical (unpaired) electrons. The van der Waals surface area contributed by atoms with Crippen LogP contribution in [0.3, 0.4) is 0 Å². The first kappa shape index (κ1) is 13.7. The summed E-state index contributed by atoms with van der Waals surface area (Å²) in [5, 5.41) is 7.99. The number of carboxylic acids is 1. The third-order valence-electron chi connectivity index (χ3n) is 1.10. The number of hydrogen-bond donors (Lipinski definition) is 1. The van der Waals surface area contributed by atoms with Crippen molar-refractivity contribution in [2.75, 3.05) is 0 Å². The molecule has 0 aliphatic carbocycles. The molecule has 0 aliphatic heterocycles. The fourth-order valence-electron chi connectivity index (χ4n) is 0.546. The van der Waals surface area contributed by atoms with E-state index in [1.165, 1.54) is 6.92 Å². The number of halogens is 3. The second-order valence-corrected chi connectivity index (χ2v) is 1.84. The summed E-state index contributed by atoms with van der Waals surface area (Å²) in [6.07, 6.45) is -5.03. The molecule has 0 saturated heterocycles. The zero-order valence-electron chi connectivity index (χ0n) is 5.77. The summed E-state index contributed by atoms with van der Waals surface area (Å²) in [4.78, 5) is 9.86. The maximum absolute atomic E-state index is 11.6. The van der Waals surface area contributed by atoms with Gasteiger partial charge in [0.1, 0.15) is 0 Å². The van der Waals surface area contributed by atoms with Gasteiger partial charge in [-0.1, -0.05) is 6.92 Å². The van der Waals surface area contributed by atoms with Gasteiger partial charge in [0.25, 0.3) is 0 Å². The number of carboxylic acid groups (broad SMARTS) is 1. The maximum atomic E-state index is 11.6. The predicted molar refractivity (Wildman–Crippen MR) is 27.5 cm³/mol. The first-order valence-corrected chi connectivity index (χ1v) is 2.69. The molecule has 64 valence electrons. The van der Waals surface area contributed by atoms with Crippen molar-refractivity contribution < 1.29 is 49.3 Å². The number of aliphatic carboxylic acids is 1. The van der Waals surface area contributed by atoms with Crippen molar-refractivity contribution in [2.24, 2.45) is 5.92 Å². The van der Waals surface area contributed by atoms with Crippen molar-refractivity contribution in [3.8, 4) is 0 Å². The van der Waals surface area contributed by atoms with Crippen molar-refractivity contribution in [2.45, 2.75) is 19.5 Å². The van der Waals surface area contributed by atoms with Gasteiger partial charge in [0.2, 0.25) is 0 Å². The number of carbonyl (C=O) groups is 1. The molecule has 0 aromatic rings. The van der Waals surface area contributed by atoms with Crippen LogP contribution in [0.15, 0.2) is 0 Å². The Balaban J connectivity index is 0. The smallest absolute Gasteiger partial charge is 0.402 e. The first-order valence-electron chi connectivity index (χ1n) is 2.69. The van der Waals surface area contributed by atoms with Crippen LogP contribution in [0.1, 0.15) is 13.3 Å². The van der Waals surface area contributed by atoms with Crippen LogP contribution < -0.4 is 0 Å². The summed E-state index contributed by atoms with van der Waals surface area (Å²) in [5.74, 6) is -4.03. The van der Waals surface area contributed by atoms with E-state index in [4.69, 9.17) is 5.11 Å². The van der Waals surface area contributed by atoms with Gasteiger partial charge >= 0.3 is 12.1 Å². The molecule has 1 unspecified atom stereocenters. The van der Waals surface area contributed by atoms with E-state index in [2.05, 4.69) is 0 Å². The van der Waals surface area contributed by atoms with Gasteiger partial charge in [0.15, 0.2) is 5.92 Å². The van der Waals surface area contributed by atoms with Crippen LogP contribution in [0.4, 0.5) is 13.2 Å². The zero-order valence-corrected chi connectivity index (χ0v) is 8.23. The van der Waals surface area contributed by atoms with Gasteiger partial charge in [-0.25, -0.2) is 0 Å². The maximum Gasteiger partial charge on any atom is 0.402 e. The van der Waals surface area contributed by atoms with Crippen LogP contribution in [-0.4, -0.2) is 17.3 Å². The van der Waals surface area contributed by atoms with Gasteiger partial charge in [-0.2, -0.15) is 13.2 Å². The second kappa shape index (κ2) is 4.91. The monoisotopic (exact) mass is 246 g/mol. The summed E-state index contributed by atoms with van der Waals surface area (Å²) in [6, 6.07) is 0. The standard InChI is InChI=1S/C5H7F3O2.Zr/c1-2-3(4(9)10)5(6,7)8;/h3H,2H2,1H3,(H,9,10);. The van der Waals surface area contributed by atoms with Gasteiger partial charge in [-0.15, -0.1) is 0 Å². The Kier molecular flexibility index (Phi) is 6.12. The van der Waals surface area contributed by atoms with E-state index in [-0.39, 0.29) is 26.2 Å². The van der Waals surface area contributed by atoms with E-state index in [1.807, 2.05) is 0 Å². The van der Waals surface area contributed by atoms with Crippen LogP contribution >= 0.6 is 0 Å². The SMILES string of the molecule is CCC(C(=O)O)C(F)(F)F.[Zr]. The summed E-state index contributed by atoms with van der Waals surface area (Å²) in [5.41, 5.74) is 0. The molecule has 0 rings (SSSR count). The van der Waals surface area contributed by atoms with Crippen LogP contribution in [0.25, 0.3) is 0 Å². The molecule has 0 bridgehead atoms. The quantitative estimate of drug-likeness (QED) is 0.805. The van der Waals surface area contributed by atoms with Crippen molar-refractivity contribution in [3.63, 3.8) is 0 Å². The largest absolute Gasteiger partial charge is 0.481 e. The van der Waals surface area contributed by atoms with E-state index in [0.29, 0.717) is 0 Å². The van der Waals surface area contributed by atoms with Gasteiger partial charge in [-0.3, -0.25) is 4.79 Å². The predicted octanol–water partition coefficient (Wildman–Crippen LogP) is 1.66. The minimum Gasteiger partial charge on any atom is -0.481 e. The summed E-state index contributed by atoms with van der Waals surface area (Å²) >= 11 is 0. The average molecular weight is 247 g/mol. The Labute approximate surface area is 80.9 Å². The van der Waals surface area contributed by atoms with E-state index < -0.39 is 24.5 Å². The molecular weight excluding hydrogens is 240 g/mol. The first-order chi connectivity index (χ1) is 4.39. The zero-order chi connectivity index (χ0) is 8.36. The Hall–Kier alpha value is 0.143. The minimum atomic E-state index is -4.61. The molecule has 0 heterocycles. The molecule has 11 heavy (non-hydrogen) atoms. The summed E-state index contributed by atoms with van der Waals surface area (Å²) in [6.45, 7) is 1.19. The molecule has 0 aromatic carbocycles. The van der Waals surface area contributed by atoms with Crippen LogP contribution in [0, 0.1) is 5.92 Å². The van der Waals surface area contributed by atoms with Crippen molar-refractivity contribution >= 4 is 5.97 Å². The van der Waals surface area contributed by atoms with Crippen molar-refractivity contribution in [1.82, 2.24) is 0 Å². The number of hydrogen-bond acceptors (Lipinski definition) is 1. The fourth-order valence-corrected chi connectivity index (χ4v) is 0.546. The number of alkyl halides is 3. The topological polar surface area (TPSA) is 37.3 Å². The molecule has 0 spiro atoms. The van der Waals surface area contributed by atoms with Crippen molar-refractivity contribution in [1.29, 1.82) is 0 Å². The van der Waals surface area contributed by atoms with E-state index in [9.17, 15) is 18.0 Å². The Morgan fingerprint density at radius 1 is 1.55 bits per heavy atom. The summed E-state index contributed by atoms with van der Waals surface area (Å²) in [7, 11) is 0. The molecule has 0 aromatic heterocycles. The Morgan fingerprint density at radius 2 is 1.91 bits per heavy atom. The second-order valence-electron chi connectivity index (χ2n) is 1.84.